The molecule has 1 saturated heterocycles. The Morgan fingerprint density at radius 2 is 1.94 bits per heavy atom. The molecule has 7 nitrogen and oxygen atoms in total. The summed E-state index contributed by atoms with van der Waals surface area (Å²) in [5.41, 5.74) is 0.953. The zero-order chi connectivity index (χ0) is 22.5. The van der Waals surface area contributed by atoms with Crippen molar-refractivity contribution in [3.8, 4) is 17.1 Å². The molecule has 0 saturated carbocycles. The van der Waals surface area contributed by atoms with Gasteiger partial charge >= 0.3 is 0 Å². The van der Waals surface area contributed by atoms with E-state index >= 15 is 0 Å². The SMILES string of the molecule is CCC(Oc1ccccc1F)C(=O)N1CCC(c2nc(-c3ccccn3)cc(=O)[nH]2)CC1. The predicted molar refractivity (Wildman–Crippen MR) is 118 cm³/mol. The van der Waals surface area contributed by atoms with E-state index < -0.39 is 11.9 Å². The van der Waals surface area contributed by atoms with Crippen LogP contribution < -0.4 is 10.3 Å². The van der Waals surface area contributed by atoms with Crippen molar-refractivity contribution in [1.82, 2.24) is 19.9 Å². The van der Waals surface area contributed by atoms with Crippen LogP contribution >= 0.6 is 0 Å². The Hall–Kier alpha value is -3.55. The summed E-state index contributed by atoms with van der Waals surface area (Å²) in [5, 5.41) is 0. The topological polar surface area (TPSA) is 88.2 Å². The highest BCUT2D eigenvalue weighted by atomic mass is 19.1. The van der Waals surface area contributed by atoms with Gasteiger partial charge in [0.1, 0.15) is 5.82 Å². The number of piperidine rings is 1. The molecular weight excluding hydrogens is 411 g/mol. The van der Waals surface area contributed by atoms with Gasteiger partial charge in [-0.2, -0.15) is 0 Å². The van der Waals surface area contributed by atoms with Crippen LogP contribution in [-0.4, -0.2) is 45.0 Å². The molecule has 2 aromatic heterocycles. The third-order valence-electron chi connectivity index (χ3n) is 5.63. The van der Waals surface area contributed by atoms with Crippen LogP contribution in [0.3, 0.4) is 0 Å². The summed E-state index contributed by atoms with van der Waals surface area (Å²) >= 11 is 0. The zero-order valence-electron chi connectivity index (χ0n) is 17.8. The summed E-state index contributed by atoms with van der Waals surface area (Å²) in [6, 6.07) is 13.0. The maximum atomic E-state index is 13.9. The van der Waals surface area contributed by atoms with Crippen LogP contribution in [-0.2, 0) is 4.79 Å². The van der Waals surface area contributed by atoms with E-state index in [-0.39, 0.29) is 23.1 Å². The zero-order valence-corrected chi connectivity index (χ0v) is 17.8. The molecular formula is C24H25FN4O3. The third kappa shape index (κ3) is 4.85. The Balaban J connectivity index is 1.43. The Morgan fingerprint density at radius 3 is 2.62 bits per heavy atom. The summed E-state index contributed by atoms with van der Waals surface area (Å²) in [5.74, 6) is 0.0803. The Morgan fingerprint density at radius 1 is 1.19 bits per heavy atom. The lowest BCUT2D eigenvalue weighted by Crippen LogP contribution is -2.45. The van der Waals surface area contributed by atoms with Crippen LogP contribution in [0.5, 0.6) is 5.75 Å². The number of halogens is 1. The highest BCUT2D eigenvalue weighted by Gasteiger charge is 2.30. The molecule has 0 bridgehead atoms. The van der Waals surface area contributed by atoms with Crippen molar-refractivity contribution >= 4 is 5.91 Å². The van der Waals surface area contributed by atoms with Crippen LogP contribution in [0.25, 0.3) is 11.4 Å². The van der Waals surface area contributed by atoms with Crippen LogP contribution in [0.2, 0.25) is 0 Å². The van der Waals surface area contributed by atoms with Crippen molar-refractivity contribution in [1.29, 1.82) is 0 Å². The van der Waals surface area contributed by atoms with Gasteiger partial charge in [0.2, 0.25) is 0 Å². The molecule has 3 aromatic rings. The fourth-order valence-corrected chi connectivity index (χ4v) is 3.89. The molecule has 1 amide bonds. The predicted octanol–water partition coefficient (Wildman–Crippen LogP) is 3.53. The number of carbonyl (C=O) groups is 1. The first-order valence-electron chi connectivity index (χ1n) is 10.8. The number of aromatic amines is 1. The number of amides is 1. The van der Waals surface area contributed by atoms with Crippen LogP contribution in [0.1, 0.15) is 37.9 Å². The van der Waals surface area contributed by atoms with Crippen LogP contribution in [0.4, 0.5) is 4.39 Å². The summed E-state index contributed by atoms with van der Waals surface area (Å²) in [6.45, 7) is 2.87. The first kappa shape index (κ1) is 21.7. The average Bonchev–Trinajstić information content (AvgIpc) is 2.83. The Labute approximate surface area is 185 Å². The van der Waals surface area contributed by atoms with Crippen molar-refractivity contribution in [3.63, 3.8) is 0 Å². The number of aromatic nitrogens is 3. The van der Waals surface area contributed by atoms with Gasteiger partial charge < -0.3 is 14.6 Å². The second-order valence-electron chi connectivity index (χ2n) is 7.78. The van der Waals surface area contributed by atoms with E-state index in [2.05, 4.69) is 15.0 Å². The van der Waals surface area contributed by atoms with E-state index in [1.54, 1.807) is 23.2 Å². The minimum atomic E-state index is -0.742. The van der Waals surface area contributed by atoms with Gasteiger partial charge in [0.25, 0.3) is 11.5 Å². The maximum absolute atomic E-state index is 13.9. The van der Waals surface area contributed by atoms with Gasteiger partial charge in [-0.3, -0.25) is 14.6 Å². The van der Waals surface area contributed by atoms with E-state index in [0.29, 0.717) is 49.6 Å². The van der Waals surface area contributed by atoms with Crippen LogP contribution in [0.15, 0.2) is 59.5 Å². The van der Waals surface area contributed by atoms with Crippen molar-refractivity contribution in [2.24, 2.45) is 0 Å². The lowest BCUT2D eigenvalue weighted by Gasteiger charge is -2.33. The van der Waals surface area contributed by atoms with Crippen molar-refractivity contribution < 1.29 is 13.9 Å². The van der Waals surface area contributed by atoms with Crippen molar-refractivity contribution in [2.75, 3.05) is 13.1 Å². The highest BCUT2D eigenvalue weighted by Crippen LogP contribution is 2.27. The number of nitrogens with zero attached hydrogens (tertiary/aromatic N) is 3. The molecule has 3 heterocycles. The lowest BCUT2D eigenvalue weighted by molar-refractivity contribution is -0.140. The first-order valence-corrected chi connectivity index (χ1v) is 10.8. The van der Waals surface area contributed by atoms with Gasteiger partial charge in [0, 0.05) is 31.3 Å². The van der Waals surface area contributed by atoms with E-state index in [4.69, 9.17) is 4.74 Å². The number of nitrogens with one attached hydrogen (secondary N) is 1. The number of para-hydroxylation sites is 1. The van der Waals surface area contributed by atoms with E-state index in [1.165, 1.54) is 18.2 Å². The van der Waals surface area contributed by atoms with Gasteiger partial charge in [0.15, 0.2) is 17.7 Å². The van der Waals surface area contributed by atoms with Crippen LogP contribution in [0, 0.1) is 5.82 Å². The second kappa shape index (κ2) is 9.72. The third-order valence-corrected chi connectivity index (χ3v) is 5.63. The molecule has 1 unspecified atom stereocenters. The molecule has 166 valence electrons. The fourth-order valence-electron chi connectivity index (χ4n) is 3.89. The summed E-state index contributed by atoms with van der Waals surface area (Å²) < 4.78 is 19.6. The standard InChI is InChI=1S/C24H25FN4O3/c1-2-20(32-21-9-4-3-7-17(21)25)24(31)29-13-10-16(11-14-29)23-27-19(15-22(30)28-23)18-8-5-6-12-26-18/h3-9,12,15-16,20H,2,10-11,13-14H2,1H3,(H,27,28,30). The Kier molecular flexibility index (Phi) is 6.58. The molecule has 1 aromatic carbocycles. The van der Waals surface area contributed by atoms with Crippen molar-refractivity contribution in [3.05, 3.63) is 76.7 Å². The maximum Gasteiger partial charge on any atom is 0.263 e. The van der Waals surface area contributed by atoms with Gasteiger partial charge in [-0.15, -0.1) is 0 Å². The molecule has 0 spiro atoms. The minimum Gasteiger partial charge on any atom is -0.478 e. The molecule has 4 rings (SSSR count). The number of H-pyrrole nitrogens is 1. The number of benzene rings is 1. The van der Waals surface area contributed by atoms with Gasteiger partial charge in [-0.1, -0.05) is 25.1 Å². The number of carbonyl (C=O) groups excluding carboxylic acids is 1. The quantitative estimate of drug-likeness (QED) is 0.639. The number of hydrogen-bond acceptors (Lipinski definition) is 5. The molecule has 0 radical (unpaired) electrons. The molecule has 1 aliphatic rings. The summed E-state index contributed by atoms with van der Waals surface area (Å²) in [4.78, 5) is 38.7. The first-order chi connectivity index (χ1) is 15.5. The van der Waals surface area contributed by atoms with E-state index in [9.17, 15) is 14.0 Å². The monoisotopic (exact) mass is 436 g/mol. The smallest absolute Gasteiger partial charge is 0.263 e. The average molecular weight is 436 g/mol. The molecule has 1 atom stereocenters. The molecule has 1 aliphatic heterocycles. The number of hydrogen-bond donors (Lipinski definition) is 1. The second-order valence-corrected chi connectivity index (χ2v) is 7.78. The number of rotatable bonds is 6. The highest BCUT2D eigenvalue weighted by molar-refractivity contribution is 5.81. The molecule has 0 aliphatic carbocycles. The van der Waals surface area contributed by atoms with Gasteiger partial charge in [0.05, 0.1) is 11.4 Å². The fraction of sp³-hybridized carbons (Fsp3) is 0.333. The minimum absolute atomic E-state index is 0.0305. The van der Waals surface area contributed by atoms with Gasteiger partial charge in [-0.05, 0) is 43.5 Å². The van der Waals surface area contributed by atoms with E-state index in [1.807, 2.05) is 25.1 Å². The summed E-state index contributed by atoms with van der Waals surface area (Å²) in [7, 11) is 0. The normalized spacial score (nSPS) is 15.4. The van der Waals surface area contributed by atoms with E-state index in [0.717, 1.165) is 0 Å². The number of ether oxygens (including phenoxy) is 1. The summed E-state index contributed by atoms with van der Waals surface area (Å²) in [6.07, 6.45) is 2.69. The molecule has 32 heavy (non-hydrogen) atoms. The molecule has 1 fully saturated rings. The number of pyridine rings is 1. The molecule has 1 N–H and O–H groups in total. The lowest BCUT2D eigenvalue weighted by atomic mass is 9.95. The Bertz CT molecular complexity index is 1130. The molecule has 8 heteroatoms. The van der Waals surface area contributed by atoms with Crippen molar-refractivity contribution in [2.45, 2.75) is 38.2 Å². The number of likely N-dealkylation sites (tertiary alicyclic amines) is 1. The van der Waals surface area contributed by atoms with Gasteiger partial charge in [-0.25, -0.2) is 9.37 Å². The largest absolute Gasteiger partial charge is 0.478 e.